The summed E-state index contributed by atoms with van der Waals surface area (Å²) in [7, 11) is 0. The highest BCUT2D eigenvalue weighted by Crippen LogP contribution is 2.27. The molecule has 2 aromatic carbocycles. The van der Waals surface area contributed by atoms with Gasteiger partial charge in [-0.3, -0.25) is 4.79 Å². The number of hydrogen-bond donors (Lipinski definition) is 2. The normalized spacial score (nSPS) is 11.2. The zero-order valence-corrected chi connectivity index (χ0v) is 22.1. The molecule has 0 aliphatic rings. The number of anilines is 2. The third kappa shape index (κ3) is 6.87. The quantitative estimate of drug-likeness (QED) is 0.398. The van der Waals surface area contributed by atoms with Crippen LogP contribution in [-0.2, 0) is 10.2 Å². The van der Waals surface area contributed by atoms with E-state index >= 15 is 0 Å². The number of urea groups is 1. The number of benzene rings is 2. The van der Waals surface area contributed by atoms with Crippen LogP contribution in [0.4, 0.5) is 16.3 Å². The largest absolute Gasteiger partial charge is 0.492 e. The van der Waals surface area contributed by atoms with Gasteiger partial charge in [0, 0.05) is 18.0 Å². The number of aromatic nitrogens is 2. The fourth-order valence-corrected chi connectivity index (χ4v) is 3.72. The van der Waals surface area contributed by atoms with Gasteiger partial charge < -0.3 is 20.3 Å². The molecule has 0 spiro atoms. The Morgan fingerprint density at radius 3 is 2.44 bits per heavy atom. The molecule has 0 unspecified atom stereocenters. The van der Waals surface area contributed by atoms with Crippen molar-refractivity contribution in [3.05, 3.63) is 65.9 Å². The second kappa shape index (κ2) is 11.7. The molecule has 0 saturated carbocycles. The molecule has 0 atom stereocenters. The molecule has 192 valence electrons. The number of hydrogen-bond acceptors (Lipinski definition) is 4. The van der Waals surface area contributed by atoms with Crippen LogP contribution in [0, 0.1) is 6.92 Å². The van der Waals surface area contributed by atoms with Crippen LogP contribution in [0.25, 0.3) is 5.69 Å². The minimum absolute atomic E-state index is 0.0969. The van der Waals surface area contributed by atoms with Gasteiger partial charge in [-0.05, 0) is 50.1 Å². The van der Waals surface area contributed by atoms with E-state index in [1.54, 1.807) is 16.8 Å². The first-order chi connectivity index (χ1) is 17.1. The Kier molecular flexibility index (Phi) is 8.74. The van der Waals surface area contributed by atoms with Gasteiger partial charge in [0.2, 0.25) is 5.91 Å². The van der Waals surface area contributed by atoms with Gasteiger partial charge >= 0.3 is 6.03 Å². The fraction of sp³-hybridized carbons (Fsp3) is 0.393. The number of nitrogens with zero attached hydrogens (tertiary/aromatic N) is 3. The maximum absolute atomic E-state index is 13.1. The van der Waals surface area contributed by atoms with Crippen molar-refractivity contribution in [2.45, 2.75) is 53.4 Å². The second-order valence-electron chi connectivity index (χ2n) is 9.74. The molecule has 3 aromatic rings. The summed E-state index contributed by atoms with van der Waals surface area (Å²) in [5, 5.41) is 10.6. The average Bonchev–Trinajstić information content (AvgIpc) is 3.24. The molecule has 0 saturated heterocycles. The summed E-state index contributed by atoms with van der Waals surface area (Å²) < 4.78 is 7.35. The molecule has 0 bridgehead atoms. The van der Waals surface area contributed by atoms with Gasteiger partial charge in [0.15, 0.2) is 0 Å². The molecule has 8 nitrogen and oxygen atoms in total. The van der Waals surface area contributed by atoms with Crippen LogP contribution >= 0.6 is 0 Å². The minimum atomic E-state index is -0.360. The van der Waals surface area contributed by atoms with E-state index in [1.165, 1.54) is 4.90 Å². The number of ether oxygens (including phenoxy) is 1. The van der Waals surface area contributed by atoms with Gasteiger partial charge in [-0.15, -0.1) is 0 Å². The molecular weight excluding hydrogens is 454 g/mol. The third-order valence-corrected chi connectivity index (χ3v) is 5.54. The lowest BCUT2D eigenvalue weighted by Crippen LogP contribution is -2.41. The Balaban J connectivity index is 1.80. The predicted octanol–water partition coefficient (Wildman–Crippen LogP) is 5.76. The van der Waals surface area contributed by atoms with Crippen molar-refractivity contribution >= 4 is 23.4 Å². The molecule has 3 amide bonds. The number of carbonyl (C=O) groups is 2. The lowest BCUT2D eigenvalue weighted by atomic mass is 9.92. The van der Waals surface area contributed by atoms with E-state index < -0.39 is 0 Å². The molecule has 3 rings (SSSR count). The van der Waals surface area contributed by atoms with E-state index in [0.717, 1.165) is 16.9 Å². The van der Waals surface area contributed by atoms with Crippen molar-refractivity contribution in [1.29, 1.82) is 0 Å². The maximum Gasteiger partial charge on any atom is 0.322 e. The lowest BCUT2D eigenvalue weighted by molar-refractivity contribution is -0.116. The highest BCUT2D eigenvalue weighted by atomic mass is 16.5. The molecule has 36 heavy (non-hydrogen) atoms. The van der Waals surface area contributed by atoms with E-state index in [9.17, 15) is 9.59 Å². The fourth-order valence-electron chi connectivity index (χ4n) is 3.72. The molecule has 0 aliphatic heterocycles. The van der Waals surface area contributed by atoms with Crippen LogP contribution in [-0.4, -0.2) is 46.3 Å². The molecule has 0 fully saturated rings. The summed E-state index contributed by atoms with van der Waals surface area (Å²) in [6.07, 6.45) is 0.712. The van der Waals surface area contributed by atoms with Crippen molar-refractivity contribution in [2.75, 3.05) is 30.3 Å². The number of amides is 3. The van der Waals surface area contributed by atoms with Crippen molar-refractivity contribution in [3.63, 3.8) is 0 Å². The topological polar surface area (TPSA) is 88.5 Å². The summed E-state index contributed by atoms with van der Waals surface area (Å²) in [5.74, 6) is 0.853. The summed E-state index contributed by atoms with van der Waals surface area (Å²) in [4.78, 5) is 27.7. The monoisotopic (exact) mass is 491 g/mol. The lowest BCUT2D eigenvalue weighted by Gasteiger charge is -2.23. The Morgan fingerprint density at radius 2 is 1.78 bits per heavy atom. The van der Waals surface area contributed by atoms with Crippen LogP contribution in [0.15, 0.2) is 54.6 Å². The number of para-hydroxylation sites is 2. The molecule has 1 heterocycles. The smallest absolute Gasteiger partial charge is 0.322 e. The Labute approximate surface area is 213 Å². The Hall–Kier alpha value is -3.81. The van der Waals surface area contributed by atoms with E-state index in [-0.39, 0.29) is 23.9 Å². The van der Waals surface area contributed by atoms with Gasteiger partial charge in [0.25, 0.3) is 0 Å². The van der Waals surface area contributed by atoms with E-state index in [0.29, 0.717) is 36.8 Å². The number of rotatable bonds is 9. The highest BCUT2D eigenvalue weighted by Gasteiger charge is 2.23. The van der Waals surface area contributed by atoms with Crippen LogP contribution in [0.5, 0.6) is 5.75 Å². The van der Waals surface area contributed by atoms with E-state index in [2.05, 4.69) is 31.4 Å². The van der Waals surface area contributed by atoms with Gasteiger partial charge in [0.05, 0.1) is 23.7 Å². The van der Waals surface area contributed by atoms with Crippen molar-refractivity contribution in [2.24, 2.45) is 0 Å². The number of nitrogens with one attached hydrogen (secondary N) is 2. The first kappa shape index (κ1) is 26.8. The van der Waals surface area contributed by atoms with Crippen LogP contribution < -0.4 is 15.4 Å². The molecule has 0 aliphatic carbocycles. The van der Waals surface area contributed by atoms with E-state index in [1.807, 2.05) is 63.2 Å². The zero-order valence-electron chi connectivity index (χ0n) is 22.1. The summed E-state index contributed by atoms with van der Waals surface area (Å²) in [5.41, 5.74) is 3.18. The summed E-state index contributed by atoms with van der Waals surface area (Å²) >= 11 is 0. The predicted molar refractivity (Wildman–Crippen MR) is 144 cm³/mol. The minimum Gasteiger partial charge on any atom is -0.492 e. The van der Waals surface area contributed by atoms with Gasteiger partial charge in [-0.1, -0.05) is 52.0 Å². The zero-order chi connectivity index (χ0) is 26.3. The highest BCUT2D eigenvalue weighted by molar-refractivity contribution is 5.97. The molecule has 0 radical (unpaired) electrons. The molecule has 1 aromatic heterocycles. The standard InChI is InChI=1S/C28H37N5O3/c1-7-16-32(27(35)29-22-14-9-10-15-23(22)36-8-2)19-26(34)30-25-18-24(28(4,5)6)31-33(25)21-13-11-12-20(3)17-21/h9-15,17-18H,7-8,16,19H2,1-6H3,(H,29,35)(H,30,34). The molecular formula is C28H37N5O3. The van der Waals surface area contributed by atoms with Gasteiger partial charge in [0.1, 0.15) is 18.1 Å². The van der Waals surface area contributed by atoms with Crippen molar-refractivity contribution < 1.29 is 14.3 Å². The van der Waals surface area contributed by atoms with Crippen molar-refractivity contribution in [3.8, 4) is 11.4 Å². The molecule has 8 heteroatoms. The third-order valence-electron chi connectivity index (χ3n) is 5.54. The van der Waals surface area contributed by atoms with Crippen LogP contribution in [0.3, 0.4) is 0 Å². The van der Waals surface area contributed by atoms with E-state index in [4.69, 9.17) is 9.84 Å². The summed E-state index contributed by atoms with van der Waals surface area (Å²) in [6, 6.07) is 16.7. The Bertz CT molecular complexity index is 1200. The Morgan fingerprint density at radius 1 is 1.03 bits per heavy atom. The number of aryl methyl sites for hydroxylation is 1. The first-order valence-corrected chi connectivity index (χ1v) is 12.4. The molecule has 2 N–H and O–H groups in total. The van der Waals surface area contributed by atoms with Gasteiger partial charge in [-0.2, -0.15) is 5.10 Å². The second-order valence-corrected chi connectivity index (χ2v) is 9.74. The van der Waals surface area contributed by atoms with Crippen molar-refractivity contribution in [1.82, 2.24) is 14.7 Å². The summed E-state index contributed by atoms with van der Waals surface area (Å²) in [6.45, 7) is 12.9. The first-order valence-electron chi connectivity index (χ1n) is 12.4. The van der Waals surface area contributed by atoms with Crippen LogP contribution in [0.2, 0.25) is 0 Å². The van der Waals surface area contributed by atoms with Crippen LogP contribution in [0.1, 0.15) is 52.3 Å². The average molecular weight is 492 g/mol. The SMILES string of the molecule is CCCN(CC(=O)Nc1cc(C(C)(C)C)nn1-c1cccc(C)c1)C(=O)Nc1ccccc1OCC. The van der Waals surface area contributed by atoms with Gasteiger partial charge in [-0.25, -0.2) is 9.48 Å². The number of carbonyl (C=O) groups excluding carboxylic acids is 2. The maximum atomic E-state index is 13.1.